The quantitative estimate of drug-likeness (QED) is 0.548. The van der Waals surface area contributed by atoms with E-state index in [1.165, 1.54) is 24.3 Å². The van der Waals surface area contributed by atoms with Crippen LogP contribution in [0.25, 0.3) is 0 Å². The summed E-state index contributed by atoms with van der Waals surface area (Å²) in [6, 6.07) is 21.1. The summed E-state index contributed by atoms with van der Waals surface area (Å²) in [5, 5.41) is 5.73. The molecule has 1 saturated heterocycles. The van der Waals surface area contributed by atoms with Crippen LogP contribution in [0, 0.1) is 5.82 Å². The van der Waals surface area contributed by atoms with Crippen molar-refractivity contribution in [1.29, 1.82) is 0 Å². The molecule has 0 aromatic heterocycles. The van der Waals surface area contributed by atoms with E-state index in [0.717, 1.165) is 24.0 Å². The second-order valence-corrected chi connectivity index (χ2v) is 8.24. The predicted octanol–water partition coefficient (Wildman–Crippen LogP) is 4.45. The number of rotatable bonds is 7. The minimum Gasteiger partial charge on any atom is -0.350 e. The molecule has 7 heteroatoms. The highest BCUT2D eigenvalue weighted by Crippen LogP contribution is 2.26. The summed E-state index contributed by atoms with van der Waals surface area (Å²) in [6.07, 6.45) is 2.17. The number of halogens is 1. The number of benzene rings is 3. The normalized spacial score (nSPS) is 14.4. The van der Waals surface area contributed by atoms with Gasteiger partial charge in [0.15, 0.2) is 0 Å². The van der Waals surface area contributed by atoms with E-state index in [1.807, 2.05) is 36.4 Å². The van der Waals surface area contributed by atoms with Crippen LogP contribution in [0.4, 0.5) is 10.1 Å². The fraction of sp³-hybridized carbons (Fsp3) is 0.222. The van der Waals surface area contributed by atoms with Gasteiger partial charge in [-0.3, -0.25) is 14.4 Å². The second-order valence-electron chi connectivity index (χ2n) is 8.24. The first-order chi connectivity index (χ1) is 16.5. The van der Waals surface area contributed by atoms with Gasteiger partial charge >= 0.3 is 0 Å². The zero-order valence-corrected chi connectivity index (χ0v) is 18.7. The number of nitrogens with one attached hydrogen (secondary N) is 2. The first-order valence-electron chi connectivity index (χ1n) is 11.3. The van der Waals surface area contributed by atoms with Crippen molar-refractivity contribution < 1.29 is 18.8 Å². The maximum absolute atomic E-state index is 13.2. The minimum absolute atomic E-state index is 0.0132. The Kier molecular flexibility index (Phi) is 7.32. The Labute approximate surface area is 197 Å². The first kappa shape index (κ1) is 23.2. The molecule has 4 rings (SSSR count). The first-order valence-corrected chi connectivity index (χ1v) is 11.3. The van der Waals surface area contributed by atoms with Crippen LogP contribution >= 0.6 is 0 Å². The van der Waals surface area contributed by atoms with Crippen LogP contribution in [0.15, 0.2) is 78.9 Å². The van der Waals surface area contributed by atoms with Crippen LogP contribution in [0.5, 0.6) is 0 Å². The van der Waals surface area contributed by atoms with Crippen LogP contribution in [-0.2, 0) is 16.1 Å². The highest BCUT2D eigenvalue weighted by atomic mass is 19.1. The number of carbonyl (C=O) groups excluding carboxylic acids is 3. The Hall–Kier alpha value is -4.00. The third kappa shape index (κ3) is 5.67. The number of piperidine rings is 1. The van der Waals surface area contributed by atoms with Gasteiger partial charge in [-0.2, -0.15) is 0 Å². The third-order valence-corrected chi connectivity index (χ3v) is 5.79. The van der Waals surface area contributed by atoms with Gasteiger partial charge in [0.1, 0.15) is 11.9 Å². The van der Waals surface area contributed by atoms with Gasteiger partial charge < -0.3 is 15.5 Å². The van der Waals surface area contributed by atoms with E-state index in [0.29, 0.717) is 24.2 Å². The molecule has 34 heavy (non-hydrogen) atoms. The van der Waals surface area contributed by atoms with E-state index in [-0.39, 0.29) is 24.3 Å². The Morgan fingerprint density at radius 2 is 1.71 bits per heavy atom. The molecule has 3 aromatic rings. The lowest BCUT2D eigenvalue weighted by Crippen LogP contribution is -2.45. The molecule has 174 valence electrons. The lowest BCUT2D eigenvalue weighted by molar-refractivity contribution is -0.142. The molecule has 0 radical (unpaired) electrons. The Morgan fingerprint density at radius 3 is 2.44 bits per heavy atom. The summed E-state index contributed by atoms with van der Waals surface area (Å²) >= 11 is 0. The van der Waals surface area contributed by atoms with Crippen molar-refractivity contribution in [2.75, 3.05) is 11.9 Å². The zero-order valence-electron chi connectivity index (χ0n) is 18.7. The second kappa shape index (κ2) is 10.7. The molecule has 2 N–H and O–H groups in total. The number of anilines is 1. The van der Waals surface area contributed by atoms with E-state index in [1.54, 1.807) is 23.1 Å². The Balaban J connectivity index is 1.44. The van der Waals surface area contributed by atoms with Crippen molar-refractivity contribution in [3.8, 4) is 0 Å². The molecular weight excluding hydrogens is 433 g/mol. The monoisotopic (exact) mass is 459 g/mol. The van der Waals surface area contributed by atoms with Crippen LogP contribution in [0.3, 0.4) is 0 Å². The fourth-order valence-electron chi connectivity index (χ4n) is 4.06. The molecule has 1 aliphatic heterocycles. The van der Waals surface area contributed by atoms with Crippen molar-refractivity contribution in [3.05, 3.63) is 101 Å². The van der Waals surface area contributed by atoms with Crippen molar-refractivity contribution in [2.24, 2.45) is 0 Å². The van der Waals surface area contributed by atoms with Crippen LogP contribution in [-0.4, -0.2) is 29.2 Å². The highest BCUT2D eigenvalue weighted by molar-refractivity contribution is 6.04. The highest BCUT2D eigenvalue weighted by Gasteiger charge is 2.32. The zero-order chi connectivity index (χ0) is 23.9. The van der Waals surface area contributed by atoms with Gasteiger partial charge in [0.05, 0.1) is 0 Å². The van der Waals surface area contributed by atoms with E-state index in [4.69, 9.17) is 0 Å². The van der Waals surface area contributed by atoms with Gasteiger partial charge in [-0.25, -0.2) is 4.39 Å². The summed E-state index contributed by atoms with van der Waals surface area (Å²) < 4.78 is 13.1. The number of likely N-dealkylation sites (tertiary alicyclic amines) is 1. The topological polar surface area (TPSA) is 78.5 Å². The maximum Gasteiger partial charge on any atom is 0.255 e. The standard InChI is InChI=1S/C27H26FN3O3/c28-22-14-12-21(13-15-22)26(33)30-23-10-6-7-19(17-23)18-29-27(34)25(20-8-2-1-3-9-20)31-16-5-4-11-24(31)32/h1-3,6-10,12-15,17,25H,4-5,11,16,18H2,(H,29,34)(H,30,33). The van der Waals surface area contributed by atoms with Gasteiger partial charge in [-0.15, -0.1) is 0 Å². The number of carbonyl (C=O) groups is 3. The summed E-state index contributed by atoms with van der Waals surface area (Å²) in [5.41, 5.74) is 2.47. The molecule has 1 fully saturated rings. The minimum atomic E-state index is -0.685. The van der Waals surface area contributed by atoms with E-state index in [2.05, 4.69) is 10.6 Å². The molecule has 0 aliphatic carbocycles. The van der Waals surface area contributed by atoms with Crippen molar-refractivity contribution in [2.45, 2.75) is 31.8 Å². The molecule has 1 atom stereocenters. The summed E-state index contributed by atoms with van der Waals surface area (Å²) in [7, 11) is 0. The van der Waals surface area contributed by atoms with E-state index in [9.17, 15) is 18.8 Å². The molecule has 1 aliphatic rings. The molecule has 3 amide bonds. The van der Waals surface area contributed by atoms with Gasteiger partial charge in [0.2, 0.25) is 11.8 Å². The summed E-state index contributed by atoms with van der Waals surface area (Å²) in [5.74, 6) is -1.02. The average Bonchev–Trinajstić information content (AvgIpc) is 2.85. The predicted molar refractivity (Wildman–Crippen MR) is 127 cm³/mol. The van der Waals surface area contributed by atoms with Gasteiger partial charge in [0, 0.05) is 30.8 Å². The number of amides is 3. The lowest BCUT2D eigenvalue weighted by atomic mass is 10.0. The number of hydrogen-bond acceptors (Lipinski definition) is 3. The Morgan fingerprint density at radius 1 is 0.941 bits per heavy atom. The molecule has 0 saturated carbocycles. The van der Waals surface area contributed by atoms with E-state index >= 15 is 0 Å². The third-order valence-electron chi connectivity index (χ3n) is 5.79. The number of nitrogens with zero attached hydrogens (tertiary/aromatic N) is 1. The molecule has 1 heterocycles. The largest absolute Gasteiger partial charge is 0.350 e. The van der Waals surface area contributed by atoms with Gasteiger partial charge in [-0.05, 0) is 60.4 Å². The van der Waals surface area contributed by atoms with Crippen molar-refractivity contribution >= 4 is 23.4 Å². The van der Waals surface area contributed by atoms with Crippen LogP contribution in [0.2, 0.25) is 0 Å². The van der Waals surface area contributed by atoms with Crippen molar-refractivity contribution in [1.82, 2.24) is 10.2 Å². The summed E-state index contributed by atoms with van der Waals surface area (Å²) in [4.78, 5) is 39.9. The molecule has 1 unspecified atom stereocenters. The molecule has 0 bridgehead atoms. The van der Waals surface area contributed by atoms with Crippen LogP contribution in [0.1, 0.15) is 46.8 Å². The molecular formula is C27H26FN3O3. The van der Waals surface area contributed by atoms with Gasteiger partial charge in [0.25, 0.3) is 5.91 Å². The smallest absolute Gasteiger partial charge is 0.255 e. The average molecular weight is 460 g/mol. The molecule has 3 aromatic carbocycles. The lowest BCUT2D eigenvalue weighted by Gasteiger charge is -2.34. The SMILES string of the molecule is O=C(Nc1cccc(CNC(=O)C(c2ccccc2)N2CCCCC2=O)c1)c1ccc(F)cc1. The van der Waals surface area contributed by atoms with Gasteiger partial charge in [-0.1, -0.05) is 42.5 Å². The van der Waals surface area contributed by atoms with Crippen LogP contribution < -0.4 is 10.6 Å². The molecule has 0 spiro atoms. The van der Waals surface area contributed by atoms with E-state index < -0.39 is 11.9 Å². The maximum atomic E-state index is 13.2. The molecule has 6 nitrogen and oxygen atoms in total. The van der Waals surface area contributed by atoms with Crippen molar-refractivity contribution in [3.63, 3.8) is 0 Å². The number of hydrogen-bond donors (Lipinski definition) is 2. The summed E-state index contributed by atoms with van der Waals surface area (Å²) in [6.45, 7) is 0.793. The fourth-order valence-corrected chi connectivity index (χ4v) is 4.06. The Bertz CT molecular complexity index is 1170.